The first-order valence-corrected chi connectivity index (χ1v) is 6.67. The van der Waals surface area contributed by atoms with Crippen LogP contribution in [-0.2, 0) is 0 Å². The number of para-hydroxylation sites is 1. The summed E-state index contributed by atoms with van der Waals surface area (Å²) in [5.74, 6) is -0.226. The van der Waals surface area contributed by atoms with Crippen LogP contribution in [0, 0.1) is 5.92 Å². The van der Waals surface area contributed by atoms with Crippen molar-refractivity contribution in [3.8, 4) is 0 Å². The Labute approximate surface area is 109 Å². The van der Waals surface area contributed by atoms with Crippen molar-refractivity contribution in [2.45, 2.75) is 46.1 Å². The molecule has 0 aliphatic rings. The minimum Gasteiger partial charge on any atom is -0.478 e. The lowest BCUT2D eigenvalue weighted by Crippen LogP contribution is -2.22. The molecule has 2 unspecified atom stereocenters. The highest BCUT2D eigenvalue weighted by molar-refractivity contribution is 5.94. The first kappa shape index (κ1) is 14.6. The highest BCUT2D eigenvalue weighted by Crippen LogP contribution is 2.20. The Morgan fingerprint density at radius 3 is 2.50 bits per heavy atom. The molecule has 18 heavy (non-hydrogen) atoms. The highest BCUT2D eigenvalue weighted by Gasteiger charge is 2.14. The van der Waals surface area contributed by atoms with Gasteiger partial charge in [-0.2, -0.15) is 0 Å². The molecular formula is C15H23NO2. The number of aromatic carboxylic acids is 1. The largest absolute Gasteiger partial charge is 0.478 e. The molecule has 3 heteroatoms. The van der Waals surface area contributed by atoms with Gasteiger partial charge in [0.25, 0.3) is 0 Å². The lowest BCUT2D eigenvalue weighted by atomic mass is 9.97. The molecule has 0 bridgehead atoms. The number of anilines is 1. The minimum atomic E-state index is -0.878. The summed E-state index contributed by atoms with van der Waals surface area (Å²) in [7, 11) is 0. The average molecular weight is 249 g/mol. The Balaban J connectivity index is 2.78. The van der Waals surface area contributed by atoms with Crippen LogP contribution in [0.5, 0.6) is 0 Å². The van der Waals surface area contributed by atoms with Gasteiger partial charge in [-0.1, -0.05) is 39.3 Å². The number of nitrogens with one attached hydrogen (secondary N) is 1. The van der Waals surface area contributed by atoms with Crippen molar-refractivity contribution in [3.63, 3.8) is 0 Å². The summed E-state index contributed by atoms with van der Waals surface area (Å²) in [6, 6.07) is 7.43. The van der Waals surface area contributed by atoms with Crippen LogP contribution in [0.4, 0.5) is 5.69 Å². The zero-order chi connectivity index (χ0) is 13.5. The van der Waals surface area contributed by atoms with E-state index in [-0.39, 0.29) is 0 Å². The Kier molecular flexibility index (Phi) is 5.69. The molecule has 2 atom stereocenters. The molecule has 1 aromatic carbocycles. The molecule has 0 saturated heterocycles. The molecule has 0 aliphatic heterocycles. The monoisotopic (exact) mass is 249 g/mol. The van der Waals surface area contributed by atoms with Crippen LogP contribution >= 0.6 is 0 Å². The molecule has 100 valence electrons. The van der Waals surface area contributed by atoms with Gasteiger partial charge in [0, 0.05) is 11.7 Å². The van der Waals surface area contributed by atoms with Crippen molar-refractivity contribution in [2.24, 2.45) is 5.92 Å². The molecule has 0 fully saturated rings. The van der Waals surface area contributed by atoms with Crippen molar-refractivity contribution in [1.82, 2.24) is 0 Å². The van der Waals surface area contributed by atoms with Crippen molar-refractivity contribution in [3.05, 3.63) is 29.8 Å². The number of hydrogen-bond donors (Lipinski definition) is 2. The lowest BCUT2D eigenvalue weighted by molar-refractivity contribution is 0.0698. The molecule has 1 aromatic rings. The first-order chi connectivity index (χ1) is 8.58. The van der Waals surface area contributed by atoms with Gasteiger partial charge in [-0.3, -0.25) is 0 Å². The third-order valence-electron chi connectivity index (χ3n) is 3.39. The van der Waals surface area contributed by atoms with Gasteiger partial charge in [-0.05, 0) is 30.9 Å². The molecule has 0 saturated carbocycles. The summed E-state index contributed by atoms with van der Waals surface area (Å²) < 4.78 is 0. The Bertz CT molecular complexity index is 390. The molecule has 0 aromatic heterocycles. The molecule has 0 heterocycles. The van der Waals surface area contributed by atoms with Gasteiger partial charge < -0.3 is 10.4 Å². The summed E-state index contributed by atoms with van der Waals surface area (Å²) in [4.78, 5) is 11.1. The maximum Gasteiger partial charge on any atom is 0.337 e. The smallest absolute Gasteiger partial charge is 0.337 e. The number of carboxylic acids is 1. The van der Waals surface area contributed by atoms with Crippen LogP contribution < -0.4 is 5.32 Å². The third-order valence-corrected chi connectivity index (χ3v) is 3.39. The van der Waals surface area contributed by atoms with E-state index < -0.39 is 5.97 Å². The Morgan fingerprint density at radius 1 is 1.28 bits per heavy atom. The second-order valence-electron chi connectivity index (χ2n) is 4.85. The van der Waals surface area contributed by atoms with Crippen LogP contribution in [-0.4, -0.2) is 17.1 Å². The number of benzene rings is 1. The average Bonchev–Trinajstić information content (AvgIpc) is 2.38. The van der Waals surface area contributed by atoms with E-state index in [4.69, 9.17) is 5.11 Å². The summed E-state index contributed by atoms with van der Waals surface area (Å²) in [6.07, 6.45) is 3.22. The van der Waals surface area contributed by atoms with E-state index in [2.05, 4.69) is 26.1 Å². The van der Waals surface area contributed by atoms with Gasteiger partial charge in [0.1, 0.15) is 0 Å². The molecule has 0 spiro atoms. The van der Waals surface area contributed by atoms with E-state index in [1.54, 1.807) is 12.1 Å². The van der Waals surface area contributed by atoms with E-state index in [9.17, 15) is 4.79 Å². The van der Waals surface area contributed by atoms with Gasteiger partial charge in [-0.25, -0.2) is 4.79 Å². The van der Waals surface area contributed by atoms with Crippen molar-refractivity contribution in [1.29, 1.82) is 0 Å². The van der Waals surface area contributed by atoms with Crippen LogP contribution in [0.15, 0.2) is 24.3 Å². The predicted molar refractivity (Wildman–Crippen MR) is 75.2 cm³/mol. The van der Waals surface area contributed by atoms with Gasteiger partial charge in [-0.15, -0.1) is 0 Å². The standard InChI is InChI=1S/C15H23NO2/c1-4-11(3)10-12(5-2)16-14-9-7-6-8-13(14)15(17)18/h6-9,11-12,16H,4-5,10H2,1-3H3,(H,17,18). The second-order valence-corrected chi connectivity index (χ2v) is 4.85. The van der Waals surface area contributed by atoms with Gasteiger partial charge in [0.15, 0.2) is 0 Å². The van der Waals surface area contributed by atoms with E-state index in [0.717, 1.165) is 24.9 Å². The Morgan fingerprint density at radius 2 is 1.94 bits per heavy atom. The van der Waals surface area contributed by atoms with E-state index >= 15 is 0 Å². The van der Waals surface area contributed by atoms with Crippen LogP contribution in [0.1, 0.15) is 50.4 Å². The van der Waals surface area contributed by atoms with E-state index in [1.165, 1.54) is 0 Å². The number of carbonyl (C=O) groups is 1. The summed E-state index contributed by atoms with van der Waals surface area (Å²) in [5.41, 5.74) is 1.07. The third kappa shape index (κ3) is 4.06. The topological polar surface area (TPSA) is 49.3 Å². The lowest BCUT2D eigenvalue weighted by Gasteiger charge is -2.22. The summed E-state index contributed by atoms with van der Waals surface area (Å²) in [6.45, 7) is 6.54. The summed E-state index contributed by atoms with van der Waals surface area (Å²) >= 11 is 0. The molecule has 0 aliphatic carbocycles. The van der Waals surface area contributed by atoms with Crippen LogP contribution in [0.3, 0.4) is 0 Å². The van der Waals surface area contributed by atoms with Gasteiger partial charge >= 0.3 is 5.97 Å². The van der Waals surface area contributed by atoms with E-state index in [0.29, 0.717) is 17.5 Å². The SMILES string of the molecule is CCC(C)CC(CC)Nc1ccccc1C(=O)O. The van der Waals surface area contributed by atoms with Gasteiger partial charge in [0.2, 0.25) is 0 Å². The van der Waals surface area contributed by atoms with Crippen molar-refractivity contribution < 1.29 is 9.90 Å². The fraction of sp³-hybridized carbons (Fsp3) is 0.533. The fourth-order valence-corrected chi connectivity index (χ4v) is 2.00. The number of hydrogen-bond acceptors (Lipinski definition) is 2. The normalized spacial score (nSPS) is 13.9. The van der Waals surface area contributed by atoms with Crippen LogP contribution in [0.2, 0.25) is 0 Å². The zero-order valence-corrected chi connectivity index (χ0v) is 11.4. The van der Waals surface area contributed by atoms with E-state index in [1.807, 2.05) is 12.1 Å². The maximum atomic E-state index is 11.1. The molecule has 0 radical (unpaired) electrons. The molecular weight excluding hydrogens is 226 g/mol. The molecule has 3 nitrogen and oxygen atoms in total. The fourth-order valence-electron chi connectivity index (χ4n) is 2.00. The maximum absolute atomic E-state index is 11.1. The number of carboxylic acid groups (broad SMARTS) is 1. The quantitative estimate of drug-likeness (QED) is 0.767. The molecule has 0 amide bonds. The zero-order valence-electron chi connectivity index (χ0n) is 11.4. The number of rotatable bonds is 7. The first-order valence-electron chi connectivity index (χ1n) is 6.67. The minimum absolute atomic E-state index is 0.334. The summed E-state index contributed by atoms with van der Waals surface area (Å²) in [5, 5.41) is 12.5. The van der Waals surface area contributed by atoms with Gasteiger partial charge in [0.05, 0.1) is 5.56 Å². The van der Waals surface area contributed by atoms with Crippen molar-refractivity contribution >= 4 is 11.7 Å². The molecule has 1 rings (SSSR count). The van der Waals surface area contributed by atoms with Crippen LogP contribution in [0.25, 0.3) is 0 Å². The highest BCUT2D eigenvalue weighted by atomic mass is 16.4. The van der Waals surface area contributed by atoms with Crippen molar-refractivity contribution in [2.75, 3.05) is 5.32 Å². The molecule has 2 N–H and O–H groups in total. The predicted octanol–water partition coefficient (Wildman–Crippen LogP) is 4.01. The Hall–Kier alpha value is -1.51. The second kappa shape index (κ2) is 7.04.